The van der Waals surface area contributed by atoms with Gasteiger partial charge in [0.2, 0.25) is 5.91 Å². The number of carbonyl (C=O) groups excluding carboxylic acids is 1. The van der Waals surface area contributed by atoms with Gasteiger partial charge in [0.05, 0.1) is 6.10 Å². The number of unbranched alkanes of at least 4 members (excludes halogenated alkanes) is 5. The van der Waals surface area contributed by atoms with Crippen LogP contribution in [0.25, 0.3) is 0 Å². The summed E-state index contributed by atoms with van der Waals surface area (Å²) in [5.41, 5.74) is 2.12. The van der Waals surface area contributed by atoms with Crippen LogP contribution >= 0.6 is 0 Å². The van der Waals surface area contributed by atoms with Crippen LogP contribution in [0.15, 0.2) is 24.3 Å². The summed E-state index contributed by atoms with van der Waals surface area (Å²) >= 11 is 0. The Kier molecular flexibility index (Phi) is 11.3. The quantitative estimate of drug-likeness (QED) is 0.385. The van der Waals surface area contributed by atoms with E-state index in [0.29, 0.717) is 5.92 Å². The van der Waals surface area contributed by atoms with Crippen LogP contribution in [0.4, 0.5) is 5.69 Å². The maximum atomic E-state index is 12.7. The maximum absolute atomic E-state index is 12.7. The van der Waals surface area contributed by atoms with E-state index in [-0.39, 0.29) is 5.91 Å². The van der Waals surface area contributed by atoms with Crippen molar-refractivity contribution in [3.63, 3.8) is 0 Å². The van der Waals surface area contributed by atoms with Crippen LogP contribution in [-0.2, 0) is 11.2 Å². The number of hydrogen-bond donors (Lipinski definition) is 3. The number of hydrogen-bond acceptors (Lipinski definition) is 3. The van der Waals surface area contributed by atoms with Crippen LogP contribution in [0.2, 0.25) is 0 Å². The van der Waals surface area contributed by atoms with Crippen molar-refractivity contribution < 1.29 is 9.90 Å². The zero-order valence-corrected chi connectivity index (χ0v) is 18.6. The molecule has 1 amide bonds. The Bertz CT molecular complexity index is 565. The molecule has 0 aliphatic heterocycles. The number of aliphatic hydroxyl groups excluding tert-OH is 1. The van der Waals surface area contributed by atoms with Gasteiger partial charge in [-0.05, 0) is 62.8 Å². The monoisotopic (exact) mass is 402 g/mol. The molecule has 0 bridgehead atoms. The van der Waals surface area contributed by atoms with Crippen LogP contribution in [-0.4, -0.2) is 29.7 Å². The Balaban J connectivity index is 1.75. The third kappa shape index (κ3) is 9.31. The van der Waals surface area contributed by atoms with Crippen molar-refractivity contribution in [2.24, 2.45) is 5.92 Å². The summed E-state index contributed by atoms with van der Waals surface area (Å²) in [7, 11) is 0. The number of carbonyl (C=O) groups is 1. The van der Waals surface area contributed by atoms with E-state index in [0.717, 1.165) is 18.7 Å². The van der Waals surface area contributed by atoms with E-state index < -0.39 is 12.1 Å². The van der Waals surface area contributed by atoms with Gasteiger partial charge in [0.1, 0.15) is 6.04 Å². The average Bonchev–Trinajstić information content (AvgIpc) is 2.72. The molecular weight excluding hydrogens is 360 g/mol. The molecule has 0 saturated heterocycles. The molecule has 1 aromatic carbocycles. The number of aliphatic hydroxyl groups is 1. The zero-order chi connectivity index (χ0) is 20.9. The predicted molar refractivity (Wildman–Crippen MR) is 122 cm³/mol. The highest BCUT2D eigenvalue weighted by Gasteiger charge is 2.25. The highest BCUT2D eigenvalue weighted by Crippen LogP contribution is 2.23. The van der Waals surface area contributed by atoms with E-state index in [9.17, 15) is 9.90 Å². The second-order valence-corrected chi connectivity index (χ2v) is 8.83. The van der Waals surface area contributed by atoms with Crippen molar-refractivity contribution in [2.75, 3.05) is 11.9 Å². The lowest BCUT2D eigenvalue weighted by atomic mass is 9.89. The molecule has 2 rings (SSSR count). The number of aryl methyl sites for hydroxylation is 1. The van der Waals surface area contributed by atoms with Crippen molar-refractivity contribution in [1.82, 2.24) is 5.32 Å². The first-order valence-electron chi connectivity index (χ1n) is 11.9. The van der Waals surface area contributed by atoms with Crippen LogP contribution < -0.4 is 10.6 Å². The molecule has 29 heavy (non-hydrogen) atoms. The van der Waals surface area contributed by atoms with Crippen molar-refractivity contribution in [3.8, 4) is 0 Å². The van der Waals surface area contributed by atoms with E-state index >= 15 is 0 Å². The van der Waals surface area contributed by atoms with Crippen LogP contribution in [0.5, 0.6) is 0 Å². The van der Waals surface area contributed by atoms with Gasteiger partial charge >= 0.3 is 0 Å². The molecule has 4 heteroatoms. The van der Waals surface area contributed by atoms with Crippen molar-refractivity contribution in [3.05, 3.63) is 29.8 Å². The molecule has 2 atom stereocenters. The van der Waals surface area contributed by atoms with E-state index in [2.05, 4.69) is 29.7 Å². The van der Waals surface area contributed by atoms with Crippen LogP contribution in [0.1, 0.15) is 90.0 Å². The van der Waals surface area contributed by atoms with Gasteiger partial charge in [-0.2, -0.15) is 0 Å². The third-order valence-corrected chi connectivity index (χ3v) is 6.16. The van der Waals surface area contributed by atoms with Gasteiger partial charge in [0.15, 0.2) is 0 Å². The first-order chi connectivity index (χ1) is 14.1. The summed E-state index contributed by atoms with van der Waals surface area (Å²) in [5, 5.41) is 16.4. The number of benzene rings is 1. The smallest absolute Gasteiger partial charge is 0.244 e. The minimum Gasteiger partial charge on any atom is -0.391 e. The summed E-state index contributed by atoms with van der Waals surface area (Å²) in [6, 6.07) is 7.60. The Morgan fingerprint density at radius 1 is 1.03 bits per heavy atom. The average molecular weight is 403 g/mol. The summed E-state index contributed by atoms with van der Waals surface area (Å²) in [6.07, 6.45) is 14.5. The fourth-order valence-corrected chi connectivity index (χ4v) is 4.25. The molecular formula is C25H42N2O2. The number of rotatable bonds is 13. The molecule has 1 aromatic rings. The lowest BCUT2D eigenvalue weighted by Gasteiger charge is -2.26. The SMILES string of the molecule is CCCCCCCCc1ccc(NC(=O)[C@@H](NCC2CCCCC2)[C@H](C)O)cc1. The molecule has 1 fully saturated rings. The van der Waals surface area contributed by atoms with Crippen molar-refractivity contribution in [1.29, 1.82) is 0 Å². The molecule has 0 radical (unpaired) electrons. The predicted octanol–water partition coefficient (Wildman–Crippen LogP) is 5.45. The molecule has 1 saturated carbocycles. The molecule has 0 aromatic heterocycles. The van der Waals surface area contributed by atoms with E-state index in [4.69, 9.17) is 0 Å². The van der Waals surface area contributed by atoms with Gasteiger partial charge in [0, 0.05) is 5.69 Å². The standard InChI is InChI=1S/C25H42N2O2/c1-3-4-5-6-7-9-12-21-15-17-23(18-16-21)27-25(29)24(20(2)28)26-19-22-13-10-8-11-14-22/h15-18,20,22,24,26,28H,3-14,19H2,1-2H3,(H,27,29)/t20-,24-/m0/s1. The number of nitrogens with one attached hydrogen (secondary N) is 2. The van der Waals surface area contributed by atoms with Gasteiger partial charge in [-0.25, -0.2) is 0 Å². The highest BCUT2D eigenvalue weighted by molar-refractivity contribution is 5.95. The minimum atomic E-state index is -0.717. The van der Waals surface area contributed by atoms with Gasteiger partial charge < -0.3 is 15.7 Å². The molecule has 0 spiro atoms. The highest BCUT2D eigenvalue weighted by atomic mass is 16.3. The Morgan fingerprint density at radius 2 is 1.69 bits per heavy atom. The van der Waals surface area contributed by atoms with E-state index in [1.54, 1.807) is 6.92 Å². The van der Waals surface area contributed by atoms with Crippen molar-refractivity contribution in [2.45, 2.75) is 103 Å². The van der Waals surface area contributed by atoms with Gasteiger partial charge in [-0.1, -0.05) is 70.4 Å². The second kappa shape index (κ2) is 13.8. The van der Waals surface area contributed by atoms with Gasteiger partial charge in [-0.15, -0.1) is 0 Å². The second-order valence-electron chi connectivity index (χ2n) is 8.83. The molecule has 3 N–H and O–H groups in total. The first kappa shape index (κ1) is 23.9. The number of amides is 1. The van der Waals surface area contributed by atoms with Gasteiger partial charge in [-0.3, -0.25) is 4.79 Å². The molecule has 164 valence electrons. The summed E-state index contributed by atoms with van der Waals surface area (Å²) < 4.78 is 0. The molecule has 1 aliphatic rings. The summed E-state index contributed by atoms with van der Waals surface area (Å²) in [4.78, 5) is 12.7. The zero-order valence-electron chi connectivity index (χ0n) is 18.6. The minimum absolute atomic E-state index is 0.153. The maximum Gasteiger partial charge on any atom is 0.244 e. The lowest BCUT2D eigenvalue weighted by molar-refractivity contribution is -0.120. The Hall–Kier alpha value is -1.39. The fraction of sp³-hybridized carbons (Fsp3) is 0.720. The largest absolute Gasteiger partial charge is 0.391 e. The first-order valence-corrected chi connectivity index (χ1v) is 11.9. The summed E-state index contributed by atoms with van der Waals surface area (Å²) in [6.45, 7) is 4.73. The normalized spacial score (nSPS) is 17.1. The van der Waals surface area contributed by atoms with Gasteiger partial charge in [0.25, 0.3) is 0 Å². The third-order valence-electron chi connectivity index (χ3n) is 6.16. The lowest BCUT2D eigenvalue weighted by Crippen LogP contribution is -2.49. The van der Waals surface area contributed by atoms with E-state index in [1.807, 2.05) is 12.1 Å². The number of anilines is 1. The van der Waals surface area contributed by atoms with Crippen LogP contribution in [0.3, 0.4) is 0 Å². The molecule has 0 unspecified atom stereocenters. The summed E-state index contributed by atoms with van der Waals surface area (Å²) in [5.74, 6) is 0.471. The molecule has 0 heterocycles. The Morgan fingerprint density at radius 3 is 2.34 bits per heavy atom. The van der Waals surface area contributed by atoms with E-state index in [1.165, 1.54) is 76.2 Å². The molecule has 1 aliphatic carbocycles. The van der Waals surface area contributed by atoms with Crippen molar-refractivity contribution >= 4 is 11.6 Å². The molecule has 4 nitrogen and oxygen atoms in total. The fourth-order valence-electron chi connectivity index (χ4n) is 4.25. The Labute approximate surface area is 177 Å². The van der Waals surface area contributed by atoms with Crippen LogP contribution in [0, 0.1) is 5.92 Å². The topological polar surface area (TPSA) is 61.4 Å².